The van der Waals surface area contributed by atoms with E-state index in [1.165, 1.54) is 12.8 Å². The van der Waals surface area contributed by atoms with Crippen LogP contribution in [0.3, 0.4) is 0 Å². The summed E-state index contributed by atoms with van der Waals surface area (Å²) in [4.78, 5) is 12.0. The second kappa shape index (κ2) is 13.6. The van der Waals surface area contributed by atoms with E-state index < -0.39 is 0 Å². The molecule has 3 atom stereocenters. The molecule has 5 heteroatoms. The molecule has 2 aliphatic heterocycles. The summed E-state index contributed by atoms with van der Waals surface area (Å²) < 4.78 is 22.7. The van der Waals surface area contributed by atoms with E-state index in [1.54, 1.807) is 0 Å². The molecule has 0 bridgehead atoms. The van der Waals surface area contributed by atoms with Gasteiger partial charge in [-0.15, -0.1) is 0 Å². The Morgan fingerprint density at radius 1 is 0.923 bits per heavy atom. The molecule has 2 saturated heterocycles. The van der Waals surface area contributed by atoms with E-state index in [0.717, 1.165) is 77.6 Å². The minimum Gasteiger partial charge on any atom is -0.353 e. The summed E-state index contributed by atoms with van der Waals surface area (Å²) in [5.41, 5.74) is 0. The van der Waals surface area contributed by atoms with Gasteiger partial charge in [0.25, 0.3) is 0 Å². The maximum atomic E-state index is 12.0. The lowest BCUT2D eigenvalue weighted by Crippen LogP contribution is -2.26. The van der Waals surface area contributed by atoms with Crippen molar-refractivity contribution in [1.82, 2.24) is 0 Å². The molecule has 0 aromatic heterocycles. The number of hydrogen-bond donors (Lipinski definition) is 0. The van der Waals surface area contributed by atoms with E-state index in [1.807, 2.05) is 0 Å². The van der Waals surface area contributed by atoms with Crippen molar-refractivity contribution in [2.24, 2.45) is 0 Å². The summed E-state index contributed by atoms with van der Waals surface area (Å²) in [5, 5.41) is 0. The van der Waals surface area contributed by atoms with Crippen LogP contribution in [0.1, 0.15) is 90.4 Å². The predicted octanol–water partition coefficient (Wildman–Crippen LogP) is 4.76. The Morgan fingerprint density at radius 2 is 1.62 bits per heavy atom. The Bertz CT molecular complexity index is 361. The lowest BCUT2D eigenvalue weighted by atomic mass is 10.1. The summed E-state index contributed by atoms with van der Waals surface area (Å²) in [7, 11) is 0. The number of carbonyl (C=O) groups is 1. The SMILES string of the molecule is C[C@H](CCCC(=O)CCCCCOC1CCCCO1)OC1CCCCO1. The molecule has 0 amide bonds. The predicted molar refractivity (Wildman–Crippen MR) is 101 cm³/mol. The molecule has 0 spiro atoms. The molecule has 5 nitrogen and oxygen atoms in total. The number of unbranched alkanes of at least 4 members (excludes halogenated alkanes) is 2. The van der Waals surface area contributed by atoms with Gasteiger partial charge in [0, 0.05) is 32.7 Å². The first kappa shape index (κ1) is 21.8. The van der Waals surface area contributed by atoms with Gasteiger partial charge in [0.05, 0.1) is 6.10 Å². The summed E-state index contributed by atoms with van der Waals surface area (Å²) in [6, 6.07) is 0. The van der Waals surface area contributed by atoms with E-state index in [4.69, 9.17) is 18.9 Å². The van der Waals surface area contributed by atoms with Crippen LogP contribution in [-0.4, -0.2) is 44.3 Å². The molecule has 2 fully saturated rings. The molecule has 2 rings (SSSR count). The van der Waals surface area contributed by atoms with Gasteiger partial charge in [-0.3, -0.25) is 4.79 Å². The Kier molecular flexibility index (Phi) is 11.4. The highest BCUT2D eigenvalue weighted by Crippen LogP contribution is 2.18. The molecule has 0 aromatic carbocycles. The fraction of sp³-hybridized carbons (Fsp3) is 0.952. The first-order valence-electron chi connectivity index (χ1n) is 10.8. The highest BCUT2D eigenvalue weighted by atomic mass is 16.7. The average molecular weight is 371 g/mol. The van der Waals surface area contributed by atoms with Crippen molar-refractivity contribution in [1.29, 1.82) is 0 Å². The van der Waals surface area contributed by atoms with Crippen molar-refractivity contribution >= 4 is 5.78 Å². The minimum absolute atomic E-state index is 0.00796. The zero-order valence-electron chi connectivity index (χ0n) is 16.6. The van der Waals surface area contributed by atoms with Gasteiger partial charge in [0.1, 0.15) is 5.78 Å². The van der Waals surface area contributed by atoms with Gasteiger partial charge >= 0.3 is 0 Å². The first-order valence-corrected chi connectivity index (χ1v) is 10.8. The van der Waals surface area contributed by atoms with Crippen molar-refractivity contribution in [2.45, 2.75) is 109 Å². The second-order valence-electron chi connectivity index (χ2n) is 7.65. The molecule has 2 heterocycles. The van der Waals surface area contributed by atoms with Crippen molar-refractivity contribution in [3.8, 4) is 0 Å². The standard InChI is InChI=1S/C21H38O5/c1-18(26-21-14-5-8-17-25-21)10-9-12-19(22)11-3-2-6-15-23-20-13-4-7-16-24-20/h18,20-21H,2-17H2,1H3/t18-,20?,21?/m1/s1. The van der Waals surface area contributed by atoms with Crippen molar-refractivity contribution in [2.75, 3.05) is 19.8 Å². The Hall–Kier alpha value is -0.490. The molecule has 0 saturated carbocycles. The maximum absolute atomic E-state index is 12.0. The van der Waals surface area contributed by atoms with Crippen LogP contribution in [0.4, 0.5) is 0 Å². The number of carbonyl (C=O) groups excluding carboxylic acids is 1. The molecule has 0 radical (unpaired) electrons. The third kappa shape index (κ3) is 10.0. The molecule has 2 unspecified atom stereocenters. The zero-order chi connectivity index (χ0) is 18.5. The molecule has 0 N–H and O–H groups in total. The van der Waals surface area contributed by atoms with E-state index in [0.29, 0.717) is 18.6 Å². The number of ketones is 1. The summed E-state index contributed by atoms with van der Waals surface area (Å²) in [6.45, 7) is 4.47. The van der Waals surface area contributed by atoms with E-state index in [2.05, 4.69) is 6.92 Å². The molecular formula is C21H38O5. The Balaban J connectivity index is 1.37. The van der Waals surface area contributed by atoms with Crippen LogP contribution >= 0.6 is 0 Å². The maximum Gasteiger partial charge on any atom is 0.157 e. The van der Waals surface area contributed by atoms with E-state index >= 15 is 0 Å². The lowest BCUT2D eigenvalue weighted by Gasteiger charge is -2.26. The van der Waals surface area contributed by atoms with Gasteiger partial charge in [0.15, 0.2) is 12.6 Å². The molecular weight excluding hydrogens is 332 g/mol. The van der Waals surface area contributed by atoms with Gasteiger partial charge in [-0.05, 0) is 71.1 Å². The highest BCUT2D eigenvalue weighted by molar-refractivity contribution is 5.78. The second-order valence-corrected chi connectivity index (χ2v) is 7.65. The average Bonchev–Trinajstić information content (AvgIpc) is 2.66. The van der Waals surface area contributed by atoms with Gasteiger partial charge in [-0.2, -0.15) is 0 Å². The topological polar surface area (TPSA) is 54.0 Å². The smallest absolute Gasteiger partial charge is 0.157 e. The van der Waals surface area contributed by atoms with Gasteiger partial charge < -0.3 is 18.9 Å². The van der Waals surface area contributed by atoms with Crippen molar-refractivity contribution in [3.63, 3.8) is 0 Å². The van der Waals surface area contributed by atoms with E-state index in [9.17, 15) is 4.79 Å². The number of hydrogen-bond acceptors (Lipinski definition) is 5. The summed E-state index contributed by atoms with van der Waals surface area (Å²) in [5.74, 6) is 0.377. The Morgan fingerprint density at radius 3 is 2.31 bits per heavy atom. The van der Waals surface area contributed by atoms with Crippen LogP contribution < -0.4 is 0 Å². The summed E-state index contributed by atoms with van der Waals surface area (Å²) >= 11 is 0. The lowest BCUT2D eigenvalue weighted by molar-refractivity contribution is -0.185. The van der Waals surface area contributed by atoms with Crippen LogP contribution in [0.5, 0.6) is 0 Å². The van der Waals surface area contributed by atoms with Gasteiger partial charge in [0.2, 0.25) is 0 Å². The monoisotopic (exact) mass is 370 g/mol. The first-order chi connectivity index (χ1) is 12.7. The highest BCUT2D eigenvalue weighted by Gasteiger charge is 2.17. The van der Waals surface area contributed by atoms with Crippen LogP contribution in [-0.2, 0) is 23.7 Å². The molecule has 26 heavy (non-hydrogen) atoms. The zero-order valence-corrected chi connectivity index (χ0v) is 16.6. The minimum atomic E-state index is -0.0318. The van der Waals surface area contributed by atoms with Crippen molar-refractivity contribution < 1.29 is 23.7 Å². The van der Waals surface area contributed by atoms with Crippen LogP contribution in [0.15, 0.2) is 0 Å². The molecule has 2 aliphatic rings. The van der Waals surface area contributed by atoms with Crippen molar-refractivity contribution in [3.05, 3.63) is 0 Å². The van der Waals surface area contributed by atoms with Gasteiger partial charge in [-0.25, -0.2) is 0 Å². The fourth-order valence-corrected chi connectivity index (χ4v) is 3.52. The van der Waals surface area contributed by atoms with Crippen LogP contribution in [0, 0.1) is 0 Å². The molecule has 0 aliphatic carbocycles. The molecule has 0 aromatic rings. The van der Waals surface area contributed by atoms with Gasteiger partial charge in [-0.1, -0.05) is 6.42 Å². The normalized spacial score (nSPS) is 25.1. The fourth-order valence-electron chi connectivity index (χ4n) is 3.52. The van der Waals surface area contributed by atoms with Crippen LogP contribution in [0.2, 0.25) is 0 Å². The van der Waals surface area contributed by atoms with Crippen LogP contribution in [0.25, 0.3) is 0 Å². The van der Waals surface area contributed by atoms with E-state index in [-0.39, 0.29) is 18.7 Å². The number of rotatable bonds is 13. The number of ether oxygens (including phenoxy) is 4. The largest absolute Gasteiger partial charge is 0.353 e. The molecule has 152 valence electrons. The quantitative estimate of drug-likeness (QED) is 0.438. The third-order valence-electron chi connectivity index (χ3n) is 5.13. The third-order valence-corrected chi connectivity index (χ3v) is 5.13. The Labute approximate surface area is 159 Å². The number of Topliss-reactive ketones (excluding diaryl/α,β-unsaturated/α-hetero) is 1. The summed E-state index contributed by atoms with van der Waals surface area (Å²) in [6.07, 6.45) is 13.1.